The zero-order valence-corrected chi connectivity index (χ0v) is 10.7. The number of amides is 1. The Morgan fingerprint density at radius 2 is 1.84 bits per heavy atom. The molecule has 106 valence electrons. The minimum absolute atomic E-state index is 0.125. The molecule has 0 saturated heterocycles. The highest BCUT2D eigenvalue weighted by molar-refractivity contribution is 5.72. The predicted molar refractivity (Wildman–Crippen MR) is 64.3 cm³/mol. The van der Waals surface area contributed by atoms with E-state index in [1.807, 2.05) is 0 Å². The number of alkyl halides is 3. The SMILES string of the molecule is CC(=O)N(C)CC[C@@H](O)c1ccc(C(F)(F)F)cc1. The number of aliphatic hydroxyl groups excluding tert-OH is 1. The maximum Gasteiger partial charge on any atom is 0.416 e. The van der Waals surface area contributed by atoms with Crippen molar-refractivity contribution in [2.45, 2.75) is 25.6 Å². The van der Waals surface area contributed by atoms with E-state index in [4.69, 9.17) is 0 Å². The van der Waals surface area contributed by atoms with Crippen molar-refractivity contribution in [1.82, 2.24) is 4.90 Å². The van der Waals surface area contributed by atoms with Gasteiger partial charge in [0.1, 0.15) is 0 Å². The third kappa shape index (κ3) is 4.55. The average molecular weight is 275 g/mol. The lowest BCUT2D eigenvalue weighted by Gasteiger charge is -2.18. The molecule has 1 amide bonds. The van der Waals surface area contributed by atoms with Crippen molar-refractivity contribution >= 4 is 5.91 Å². The normalized spacial score (nSPS) is 13.2. The number of nitrogens with zero attached hydrogens (tertiary/aromatic N) is 1. The van der Waals surface area contributed by atoms with Crippen LogP contribution in [0.15, 0.2) is 24.3 Å². The molecule has 3 nitrogen and oxygen atoms in total. The van der Waals surface area contributed by atoms with Crippen molar-refractivity contribution in [3.8, 4) is 0 Å². The van der Waals surface area contributed by atoms with Crippen molar-refractivity contribution in [2.75, 3.05) is 13.6 Å². The third-order valence-electron chi connectivity index (χ3n) is 2.90. The van der Waals surface area contributed by atoms with Crippen LogP contribution < -0.4 is 0 Å². The standard InChI is InChI=1S/C13H16F3NO2/c1-9(18)17(2)8-7-12(19)10-3-5-11(6-4-10)13(14,15)16/h3-6,12,19H,7-8H2,1-2H3/t12-/m1/s1. The molecule has 0 unspecified atom stereocenters. The van der Waals surface area contributed by atoms with Gasteiger partial charge in [-0.25, -0.2) is 0 Å². The molecule has 0 fully saturated rings. The van der Waals surface area contributed by atoms with Gasteiger partial charge in [-0.3, -0.25) is 4.79 Å². The second-order valence-corrected chi connectivity index (χ2v) is 4.36. The summed E-state index contributed by atoms with van der Waals surface area (Å²) in [6, 6.07) is 4.38. The van der Waals surface area contributed by atoms with E-state index in [-0.39, 0.29) is 12.3 Å². The van der Waals surface area contributed by atoms with Crippen molar-refractivity contribution < 1.29 is 23.1 Å². The fourth-order valence-electron chi connectivity index (χ4n) is 1.53. The number of rotatable bonds is 4. The third-order valence-corrected chi connectivity index (χ3v) is 2.90. The van der Waals surface area contributed by atoms with E-state index >= 15 is 0 Å². The molecule has 1 atom stereocenters. The maximum atomic E-state index is 12.4. The van der Waals surface area contributed by atoms with Crippen LogP contribution in [0.2, 0.25) is 0 Å². The van der Waals surface area contributed by atoms with E-state index < -0.39 is 17.8 Å². The number of hydrogen-bond acceptors (Lipinski definition) is 2. The number of carbonyl (C=O) groups excluding carboxylic acids is 1. The first-order chi connectivity index (χ1) is 8.71. The van der Waals surface area contributed by atoms with Gasteiger partial charge in [0.25, 0.3) is 0 Å². The zero-order valence-electron chi connectivity index (χ0n) is 10.7. The number of carbonyl (C=O) groups is 1. The fraction of sp³-hybridized carbons (Fsp3) is 0.462. The van der Waals surface area contributed by atoms with Gasteiger partial charge in [-0.05, 0) is 24.1 Å². The largest absolute Gasteiger partial charge is 0.416 e. The van der Waals surface area contributed by atoms with Gasteiger partial charge in [-0.1, -0.05) is 12.1 Å². The maximum absolute atomic E-state index is 12.4. The average Bonchev–Trinajstić information content (AvgIpc) is 2.34. The summed E-state index contributed by atoms with van der Waals surface area (Å²) < 4.78 is 37.1. The van der Waals surface area contributed by atoms with Crippen LogP contribution in [0.5, 0.6) is 0 Å². The lowest BCUT2D eigenvalue weighted by atomic mass is 10.0. The quantitative estimate of drug-likeness (QED) is 0.917. The molecule has 0 heterocycles. The van der Waals surface area contributed by atoms with Gasteiger partial charge >= 0.3 is 6.18 Å². The van der Waals surface area contributed by atoms with Gasteiger partial charge in [-0.2, -0.15) is 13.2 Å². The molecule has 0 spiro atoms. The Labute approximate surface area is 109 Å². The van der Waals surface area contributed by atoms with E-state index in [1.165, 1.54) is 24.0 Å². The fourth-order valence-corrected chi connectivity index (χ4v) is 1.53. The molecule has 19 heavy (non-hydrogen) atoms. The molecule has 0 radical (unpaired) electrons. The zero-order chi connectivity index (χ0) is 14.6. The van der Waals surface area contributed by atoms with E-state index in [2.05, 4.69) is 0 Å². The van der Waals surface area contributed by atoms with Crippen molar-refractivity contribution in [3.05, 3.63) is 35.4 Å². The molecule has 0 aliphatic rings. The van der Waals surface area contributed by atoms with Gasteiger partial charge < -0.3 is 10.0 Å². The van der Waals surface area contributed by atoms with Crippen molar-refractivity contribution in [1.29, 1.82) is 0 Å². The van der Waals surface area contributed by atoms with Crippen LogP contribution in [0.1, 0.15) is 30.6 Å². The highest BCUT2D eigenvalue weighted by Gasteiger charge is 2.30. The summed E-state index contributed by atoms with van der Waals surface area (Å²) in [5.74, 6) is -0.125. The Morgan fingerprint density at radius 3 is 2.26 bits per heavy atom. The topological polar surface area (TPSA) is 40.5 Å². The van der Waals surface area contributed by atoms with Crippen LogP contribution in [0.25, 0.3) is 0 Å². The van der Waals surface area contributed by atoms with Gasteiger partial charge in [0.05, 0.1) is 11.7 Å². The minimum atomic E-state index is -4.38. The second kappa shape index (κ2) is 6.06. The molecule has 6 heteroatoms. The number of benzene rings is 1. The van der Waals surface area contributed by atoms with Gasteiger partial charge in [0.15, 0.2) is 0 Å². The smallest absolute Gasteiger partial charge is 0.388 e. The molecule has 1 rings (SSSR count). The molecule has 0 bridgehead atoms. The van der Waals surface area contributed by atoms with Crippen LogP contribution >= 0.6 is 0 Å². The van der Waals surface area contributed by atoms with E-state index in [0.29, 0.717) is 12.1 Å². The van der Waals surface area contributed by atoms with E-state index in [0.717, 1.165) is 12.1 Å². The lowest BCUT2D eigenvalue weighted by Crippen LogP contribution is -2.26. The highest BCUT2D eigenvalue weighted by Crippen LogP contribution is 2.30. The lowest BCUT2D eigenvalue weighted by molar-refractivity contribution is -0.137. The number of aliphatic hydroxyl groups is 1. The molecule has 0 aliphatic carbocycles. The minimum Gasteiger partial charge on any atom is -0.388 e. The first-order valence-electron chi connectivity index (χ1n) is 5.78. The van der Waals surface area contributed by atoms with E-state index in [1.54, 1.807) is 7.05 Å². The highest BCUT2D eigenvalue weighted by atomic mass is 19.4. The van der Waals surface area contributed by atoms with Crippen LogP contribution in [0.3, 0.4) is 0 Å². The molecule has 0 saturated carbocycles. The van der Waals surface area contributed by atoms with E-state index in [9.17, 15) is 23.1 Å². The summed E-state index contributed by atoms with van der Waals surface area (Å²) >= 11 is 0. The Balaban J connectivity index is 2.63. The van der Waals surface area contributed by atoms with Crippen molar-refractivity contribution in [3.63, 3.8) is 0 Å². The Bertz CT molecular complexity index is 429. The second-order valence-electron chi connectivity index (χ2n) is 4.36. The first kappa shape index (κ1) is 15.5. The number of hydrogen-bond donors (Lipinski definition) is 1. The summed E-state index contributed by atoms with van der Waals surface area (Å²) in [6.45, 7) is 1.75. The Hall–Kier alpha value is -1.56. The predicted octanol–water partition coefficient (Wildman–Crippen LogP) is 2.61. The Kier molecular flexibility index (Phi) is 4.94. The van der Waals surface area contributed by atoms with Gasteiger partial charge in [0.2, 0.25) is 5.91 Å². The molecule has 1 N–H and O–H groups in total. The van der Waals surface area contributed by atoms with Crippen LogP contribution in [-0.2, 0) is 11.0 Å². The Morgan fingerprint density at radius 1 is 1.32 bits per heavy atom. The summed E-state index contributed by atoms with van der Waals surface area (Å²) in [7, 11) is 1.60. The van der Waals surface area contributed by atoms with Crippen molar-refractivity contribution in [2.24, 2.45) is 0 Å². The van der Waals surface area contributed by atoms with Crippen LogP contribution in [-0.4, -0.2) is 29.5 Å². The molecule has 0 aliphatic heterocycles. The summed E-state index contributed by atoms with van der Waals surface area (Å²) in [5, 5.41) is 9.83. The van der Waals surface area contributed by atoms with Gasteiger partial charge in [0, 0.05) is 20.5 Å². The molecular weight excluding hydrogens is 259 g/mol. The molecule has 1 aromatic carbocycles. The summed E-state index contributed by atoms with van der Waals surface area (Å²) in [4.78, 5) is 12.4. The number of halogens is 3. The molecule has 0 aromatic heterocycles. The molecular formula is C13H16F3NO2. The monoisotopic (exact) mass is 275 g/mol. The summed E-state index contributed by atoms with van der Waals surface area (Å²) in [5.41, 5.74) is -0.339. The van der Waals surface area contributed by atoms with Gasteiger partial charge in [-0.15, -0.1) is 0 Å². The summed E-state index contributed by atoms with van der Waals surface area (Å²) in [6.07, 6.45) is -4.98. The molecule has 1 aromatic rings. The van der Waals surface area contributed by atoms with Crippen LogP contribution in [0.4, 0.5) is 13.2 Å². The van der Waals surface area contributed by atoms with Crippen LogP contribution in [0, 0.1) is 0 Å². The first-order valence-corrected chi connectivity index (χ1v) is 5.78.